The highest BCUT2D eigenvalue weighted by Gasteiger charge is 2.43. The lowest BCUT2D eigenvalue weighted by molar-refractivity contribution is -0.0547. The standard InChI is InChI=1S/C9H13N3O6/c10-12-2-1-11(7(16)8(12)17)9-6(15)5(14)4(3-13)18-9/h1-2,4-6,9,13-15H,3,10H2/t4-,5-,6-,9-/m1/s1. The van der Waals surface area contributed by atoms with Crippen molar-refractivity contribution in [1.29, 1.82) is 0 Å². The highest BCUT2D eigenvalue weighted by Crippen LogP contribution is 2.27. The number of hydrogen-bond donors (Lipinski definition) is 4. The van der Waals surface area contributed by atoms with E-state index in [2.05, 4.69) is 0 Å². The van der Waals surface area contributed by atoms with E-state index in [0.29, 0.717) is 4.68 Å². The van der Waals surface area contributed by atoms with E-state index < -0.39 is 42.3 Å². The van der Waals surface area contributed by atoms with Crippen molar-refractivity contribution in [2.75, 3.05) is 12.4 Å². The monoisotopic (exact) mass is 259 g/mol. The van der Waals surface area contributed by atoms with Gasteiger partial charge in [-0.3, -0.25) is 14.2 Å². The third-order valence-electron chi connectivity index (χ3n) is 2.83. The van der Waals surface area contributed by atoms with Gasteiger partial charge in [-0.25, -0.2) is 4.68 Å². The minimum atomic E-state index is -1.42. The molecule has 5 N–H and O–H groups in total. The molecule has 1 aliphatic heterocycles. The molecule has 9 heteroatoms. The van der Waals surface area contributed by atoms with E-state index in [4.69, 9.17) is 15.7 Å². The molecule has 100 valence electrons. The van der Waals surface area contributed by atoms with Crippen LogP contribution in [0, 0.1) is 0 Å². The van der Waals surface area contributed by atoms with Crippen LogP contribution in [0.5, 0.6) is 0 Å². The van der Waals surface area contributed by atoms with E-state index in [1.807, 2.05) is 0 Å². The molecule has 1 aromatic heterocycles. The lowest BCUT2D eigenvalue weighted by Crippen LogP contribution is -2.46. The topological polar surface area (TPSA) is 140 Å². The van der Waals surface area contributed by atoms with Gasteiger partial charge in [-0.1, -0.05) is 0 Å². The highest BCUT2D eigenvalue weighted by molar-refractivity contribution is 4.94. The summed E-state index contributed by atoms with van der Waals surface area (Å²) < 4.78 is 6.55. The quantitative estimate of drug-likeness (QED) is 0.317. The third kappa shape index (κ3) is 1.82. The van der Waals surface area contributed by atoms with Gasteiger partial charge in [0.2, 0.25) is 0 Å². The van der Waals surface area contributed by atoms with Crippen LogP contribution in [0.3, 0.4) is 0 Å². The van der Waals surface area contributed by atoms with Gasteiger partial charge in [-0.15, -0.1) is 0 Å². The fraction of sp³-hybridized carbons (Fsp3) is 0.556. The first kappa shape index (κ1) is 12.8. The summed E-state index contributed by atoms with van der Waals surface area (Å²) in [5.74, 6) is 5.20. The van der Waals surface area contributed by atoms with Crippen LogP contribution in [0.25, 0.3) is 0 Å². The molecule has 0 spiro atoms. The number of nitrogens with zero attached hydrogens (tertiary/aromatic N) is 2. The largest absolute Gasteiger partial charge is 0.394 e. The second-order valence-corrected chi connectivity index (χ2v) is 3.95. The summed E-state index contributed by atoms with van der Waals surface area (Å²) in [5, 5.41) is 28.2. The average Bonchev–Trinajstić information content (AvgIpc) is 2.64. The molecule has 0 radical (unpaired) electrons. The van der Waals surface area contributed by atoms with Crippen LogP contribution < -0.4 is 17.0 Å². The third-order valence-corrected chi connectivity index (χ3v) is 2.83. The summed E-state index contributed by atoms with van der Waals surface area (Å²) in [6, 6.07) is 0. The Bertz CT molecular complexity index is 552. The molecule has 2 rings (SSSR count). The fourth-order valence-electron chi connectivity index (χ4n) is 1.81. The lowest BCUT2D eigenvalue weighted by Gasteiger charge is -2.17. The van der Waals surface area contributed by atoms with E-state index >= 15 is 0 Å². The van der Waals surface area contributed by atoms with Crippen molar-refractivity contribution in [2.45, 2.75) is 24.5 Å². The molecule has 1 aromatic rings. The van der Waals surface area contributed by atoms with Crippen molar-refractivity contribution in [3.63, 3.8) is 0 Å². The SMILES string of the molecule is Nn1ccn([C@@H]2O[C@H](CO)[C@@H](O)[C@H]2O)c(=O)c1=O. The van der Waals surface area contributed by atoms with Gasteiger partial charge in [0.05, 0.1) is 6.61 Å². The second kappa shape index (κ2) is 4.53. The Hall–Kier alpha value is -1.68. The van der Waals surface area contributed by atoms with Crippen LogP contribution in [0.15, 0.2) is 22.0 Å². The van der Waals surface area contributed by atoms with Gasteiger partial charge in [0.15, 0.2) is 6.23 Å². The Balaban J connectivity index is 2.42. The fourth-order valence-corrected chi connectivity index (χ4v) is 1.81. The van der Waals surface area contributed by atoms with E-state index in [-0.39, 0.29) is 0 Å². The van der Waals surface area contributed by atoms with Gasteiger partial charge in [-0.2, -0.15) is 0 Å². The molecule has 0 aliphatic carbocycles. The van der Waals surface area contributed by atoms with Crippen molar-refractivity contribution in [3.8, 4) is 0 Å². The highest BCUT2D eigenvalue weighted by atomic mass is 16.6. The number of hydrogen-bond acceptors (Lipinski definition) is 7. The first-order valence-electron chi connectivity index (χ1n) is 5.18. The Labute approximate surface area is 100 Å². The predicted molar refractivity (Wildman–Crippen MR) is 58.1 cm³/mol. The summed E-state index contributed by atoms with van der Waals surface area (Å²) in [4.78, 5) is 23.0. The number of rotatable bonds is 2. The summed E-state index contributed by atoms with van der Waals surface area (Å²) in [7, 11) is 0. The molecule has 0 aromatic carbocycles. The Morgan fingerprint density at radius 2 is 1.89 bits per heavy atom. The molecular weight excluding hydrogens is 246 g/mol. The molecule has 4 atom stereocenters. The van der Waals surface area contributed by atoms with Crippen LogP contribution in [0.1, 0.15) is 6.23 Å². The normalized spacial score (nSPS) is 31.7. The minimum Gasteiger partial charge on any atom is -0.394 e. The Morgan fingerprint density at radius 3 is 2.44 bits per heavy atom. The van der Waals surface area contributed by atoms with Gasteiger partial charge in [0.25, 0.3) is 0 Å². The number of aromatic nitrogens is 2. The molecule has 9 nitrogen and oxygen atoms in total. The van der Waals surface area contributed by atoms with Crippen molar-refractivity contribution in [1.82, 2.24) is 9.24 Å². The molecule has 0 saturated carbocycles. The summed E-state index contributed by atoms with van der Waals surface area (Å²) in [6.07, 6.45) is -2.74. The second-order valence-electron chi connectivity index (χ2n) is 3.95. The van der Waals surface area contributed by atoms with Gasteiger partial charge in [0.1, 0.15) is 18.3 Å². The molecule has 18 heavy (non-hydrogen) atoms. The molecule has 1 fully saturated rings. The van der Waals surface area contributed by atoms with Crippen molar-refractivity contribution in [2.24, 2.45) is 0 Å². The zero-order valence-electron chi connectivity index (χ0n) is 9.21. The van der Waals surface area contributed by atoms with Crippen molar-refractivity contribution < 1.29 is 20.1 Å². The van der Waals surface area contributed by atoms with Crippen LogP contribution in [-0.2, 0) is 4.74 Å². The first-order chi connectivity index (χ1) is 8.47. The molecule has 1 saturated heterocycles. The van der Waals surface area contributed by atoms with Crippen LogP contribution >= 0.6 is 0 Å². The van der Waals surface area contributed by atoms with Gasteiger partial charge in [-0.05, 0) is 0 Å². The average molecular weight is 259 g/mol. The molecule has 0 unspecified atom stereocenters. The minimum absolute atomic E-state index is 0.516. The van der Waals surface area contributed by atoms with Crippen LogP contribution in [0.4, 0.5) is 0 Å². The van der Waals surface area contributed by atoms with Gasteiger partial charge in [0, 0.05) is 12.4 Å². The van der Waals surface area contributed by atoms with E-state index in [9.17, 15) is 19.8 Å². The number of aliphatic hydroxyl groups excluding tert-OH is 3. The summed E-state index contributed by atoms with van der Waals surface area (Å²) >= 11 is 0. The first-order valence-corrected chi connectivity index (χ1v) is 5.18. The number of nitrogens with two attached hydrogens (primary N) is 1. The molecule has 2 heterocycles. The summed E-state index contributed by atoms with van der Waals surface area (Å²) in [5.41, 5.74) is -1.98. The summed E-state index contributed by atoms with van der Waals surface area (Å²) in [6.45, 7) is -0.516. The number of aliphatic hydroxyl groups is 3. The van der Waals surface area contributed by atoms with Crippen LogP contribution in [0.2, 0.25) is 0 Å². The molecule has 0 bridgehead atoms. The smallest absolute Gasteiger partial charge is 0.334 e. The van der Waals surface area contributed by atoms with Crippen molar-refractivity contribution >= 4 is 0 Å². The van der Waals surface area contributed by atoms with Crippen LogP contribution in [-0.4, -0.2) is 49.5 Å². The Morgan fingerprint density at radius 1 is 1.22 bits per heavy atom. The molecule has 0 amide bonds. The van der Waals surface area contributed by atoms with Gasteiger partial charge >= 0.3 is 11.1 Å². The maximum absolute atomic E-state index is 11.6. The van der Waals surface area contributed by atoms with Gasteiger partial charge < -0.3 is 25.9 Å². The zero-order chi connectivity index (χ0) is 13.4. The maximum atomic E-state index is 11.6. The predicted octanol–water partition coefficient (Wildman–Crippen LogP) is -3.66. The Kier molecular flexibility index (Phi) is 3.22. The molecule has 1 aliphatic rings. The number of nitrogen functional groups attached to an aromatic ring is 1. The lowest BCUT2D eigenvalue weighted by atomic mass is 10.1. The van der Waals surface area contributed by atoms with E-state index in [1.165, 1.54) is 0 Å². The van der Waals surface area contributed by atoms with E-state index in [1.54, 1.807) is 0 Å². The maximum Gasteiger partial charge on any atom is 0.334 e. The van der Waals surface area contributed by atoms with E-state index in [0.717, 1.165) is 17.0 Å². The van der Waals surface area contributed by atoms with Crippen molar-refractivity contribution in [3.05, 3.63) is 33.1 Å². The number of ether oxygens (including phenoxy) is 1. The molecular formula is C9H13N3O6. The zero-order valence-corrected chi connectivity index (χ0v) is 9.21.